The van der Waals surface area contributed by atoms with Crippen LogP contribution in [0.3, 0.4) is 0 Å². The molecule has 0 saturated heterocycles. The second-order valence-electron chi connectivity index (χ2n) is 5.76. The van der Waals surface area contributed by atoms with Crippen molar-refractivity contribution in [2.45, 2.75) is 20.3 Å². The number of carbonyl (C=O) groups is 1. The van der Waals surface area contributed by atoms with Crippen LogP contribution in [0.15, 0.2) is 36.4 Å². The van der Waals surface area contributed by atoms with Gasteiger partial charge in [0, 0.05) is 17.3 Å². The number of carbonyl (C=O) groups excluding carboxylic acids is 1. The summed E-state index contributed by atoms with van der Waals surface area (Å²) in [5.41, 5.74) is 1.13. The minimum absolute atomic E-state index is 0.232. The maximum Gasteiger partial charge on any atom is 0.255 e. The monoisotopic (exact) mass is 357 g/mol. The molecule has 0 spiro atoms. The molecule has 2 aromatic carbocycles. The van der Waals surface area contributed by atoms with E-state index < -0.39 is 0 Å². The minimum Gasteiger partial charge on any atom is -0.490 e. The number of hydrogen-bond donors (Lipinski definition) is 1. The fraction of sp³-hybridized carbons (Fsp3) is 0.350. The van der Waals surface area contributed by atoms with E-state index in [9.17, 15) is 4.79 Å². The summed E-state index contributed by atoms with van der Waals surface area (Å²) in [5, 5.41) is 2.87. The van der Waals surface area contributed by atoms with Gasteiger partial charge in [-0.25, -0.2) is 0 Å². The number of nitrogens with one attached hydrogen (secondary N) is 1. The Hall–Kier alpha value is -2.89. The smallest absolute Gasteiger partial charge is 0.255 e. The quantitative estimate of drug-likeness (QED) is 0.814. The Kier molecular flexibility index (Phi) is 5.84. The Morgan fingerprint density at radius 2 is 1.81 bits per heavy atom. The van der Waals surface area contributed by atoms with Gasteiger partial charge in [0.25, 0.3) is 5.91 Å². The number of anilines is 1. The van der Waals surface area contributed by atoms with Gasteiger partial charge in [-0.05, 0) is 43.7 Å². The van der Waals surface area contributed by atoms with Crippen LogP contribution >= 0.6 is 0 Å². The van der Waals surface area contributed by atoms with Crippen molar-refractivity contribution in [3.8, 4) is 23.0 Å². The lowest BCUT2D eigenvalue weighted by atomic mass is 10.1. The molecule has 6 nitrogen and oxygen atoms in total. The zero-order valence-electron chi connectivity index (χ0n) is 15.0. The second-order valence-corrected chi connectivity index (χ2v) is 5.76. The molecular formula is C20H23NO5. The average molecular weight is 357 g/mol. The Morgan fingerprint density at radius 3 is 2.58 bits per heavy atom. The van der Waals surface area contributed by atoms with Gasteiger partial charge in [-0.1, -0.05) is 6.92 Å². The summed E-state index contributed by atoms with van der Waals surface area (Å²) < 4.78 is 22.3. The van der Waals surface area contributed by atoms with Gasteiger partial charge in [0.15, 0.2) is 23.0 Å². The molecule has 1 amide bonds. The third-order valence-corrected chi connectivity index (χ3v) is 3.77. The molecule has 0 fully saturated rings. The van der Waals surface area contributed by atoms with E-state index in [0.29, 0.717) is 60.7 Å². The zero-order valence-corrected chi connectivity index (χ0v) is 15.0. The first-order chi connectivity index (χ1) is 12.7. The predicted octanol–water partition coefficient (Wildman–Crippen LogP) is 3.90. The van der Waals surface area contributed by atoms with Crippen molar-refractivity contribution in [3.63, 3.8) is 0 Å². The summed E-state index contributed by atoms with van der Waals surface area (Å²) in [5.74, 6) is 2.29. The Bertz CT molecular complexity index is 775. The van der Waals surface area contributed by atoms with E-state index in [1.165, 1.54) is 0 Å². The predicted molar refractivity (Wildman–Crippen MR) is 98.8 cm³/mol. The number of amides is 1. The second kappa shape index (κ2) is 8.47. The molecule has 0 bridgehead atoms. The molecule has 2 aromatic rings. The molecule has 1 aliphatic heterocycles. The van der Waals surface area contributed by atoms with E-state index in [2.05, 4.69) is 5.32 Å². The van der Waals surface area contributed by atoms with Gasteiger partial charge in [0.1, 0.15) is 13.2 Å². The van der Waals surface area contributed by atoms with Crippen molar-refractivity contribution in [2.75, 3.05) is 31.7 Å². The lowest BCUT2D eigenvalue weighted by Crippen LogP contribution is -2.16. The van der Waals surface area contributed by atoms with E-state index in [-0.39, 0.29) is 5.91 Å². The molecule has 26 heavy (non-hydrogen) atoms. The van der Waals surface area contributed by atoms with E-state index in [0.717, 1.165) is 6.42 Å². The van der Waals surface area contributed by atoms with Gasteiger partial charge in [0.05, 0.1) is 13.2 Å². The highest BCUT2D eigenvalue weighted by Crippen LogP contribution is 2.33. The van der Waals surface area contributed by atoms with E-state index in [4.69, 9.17) is 18.9 Å². The topological polar surface area (TPSA) is 66.0 Å². The molecule has 0 radical (unpaired) electrons. The summed E-state index contributed by atoms with van der Waals surface area (Å²) in [4.78, 5) is 12.6. The highest BCUT2D eigenvalue weighted by Gasteiger charge is 2.15. The van der Waals surface area contributed by atoms with Gasteiger partial charge in [0.2, 0.25) is 0 Å². The van der Waals surface area contributed by atoms with Gasteiger partial charge < -0.3 is 24.3 Å². The van der Waals surface area contributed by atoms with Crippen LogP contribution < -0.4 is 24.3 Å². The van der Waals surface area contributed by atoms with Crippen molar-refractivity contribution in [1.82, 2.24) is 0 Å². The third-order valence-electron chi connectivity index (χ3n) is 3.77. The first-order valence-electron chi connectivity index (χ1n) is 8.82. The third kappa shape index (κ3) is 4.20. The van der Waals surface area contributed by atoms with Crippen LogP contribution in [0, 0.1) is 0 Å². The normalized spacial score (nSPS) is 12.4. The van der Waals surface area contributed by atoms with Crippen LogP contribution in [0.5, 0.6) is 23.0 Å². The zero-order chi connectivity index (χ0) is 18.4. The van der Waals surface area contributed by atoms with Crippen LogP contribution in [-0.2, 0) is 0 Å². The van der Waals surface area contributed by atoms with Crippen LogP contribution in [0.4, 0.5) is 5.69 Å². The van der Waals surface area contributed by atoms with Gasteiger partial charge >= 0.3 is 0 Å². The number of hydrogen-bond acceptors (Lipinski definition) is 5. The summed E-state index contributed by atoms with van der Waals surface area (Å²) in [7, 11) is 0. The molecule has 1 heterocycles. The minimum atomic E-state index is -0.232. The molecule has 1 N–H and O–H groups in total. The lowest BCUT2D eigenvalue weighted by Gasteiger charge is -2.19. The van der Waals surface area contributed by atoms with Gasteiger partial charge in [-0.3, -0.25) is 4.79 Å². The average Bonchev–Trinajstić information content (AvgIpc) is 2.67. The maximum absolute atomic E-state index is 12.6. The molecule has 0 atom stereocenters. The van der Waals surface area contributed by atoms with Gasteiger partial charge in [-0.2, -0.15) is 0 Å². The SMILES string of the molecule is CCCOc1ccc(C(=O)Nc2ccc3c(c2)OCCO3)cc1OCC. The largest absolute Gasteiger partial charge is 0.490 e. The number of ether oxygens (including phenoxy) is 4. The highest BCUT2D eigenvalue weighted by molar-refractivity contribution is 6.04. The Labute approximate surface area is 153 Å². The molecule has 3 rings (SSSR count). The van der Waals surface area contributed by atoms with Crippen LogP contribution in [0.25, 0.3) is 0 Å². The fourth-order valence-electron chi connectivity index (χ4n) is 2.57. The van der Waals surface area contributed by atoms with Crippen LogP contribution in [0.2, 0.25) is 0 Å². The molecular weight excluding hydrogens is 334 g/mol. The van der Waals surface area contributed by atoms with E-state index in [1.54, 1.807) is 36.4 Å². The molecule has 0 saturated carbocycles. The van der Waals surface area contributed by atoms with Crippen molar-refractivity contribution < 1.29 is 23.7 Å². The van der Waals surface area contributed by atoms with Crippen LogP contribution in [0.1, 0.15) is 30.6 Å². The molecule has 0 aromatic heterocycles. The molecule has 0 unspecified atom stereocenters. The number of rotatable bonds is 7. The highest BCUT2D eigenvalue weighted by atomic mass is 16.6. The van der Waals surface area contributed by atoms with Crippen molar-refractivity contribution in [3.05, 3.63) is 42.0 Å². The van der Waals surface area contributed by atoms with Crippen LogP contribution in [-0.4, -0.2) is 32.3 Å². The number of fused-ring (bicyclic) bond motifs is 1. The maximum atomic E-state index is 12.6. The molecule has 1 aliphatic rings. The van der Waals surface area contributed by atoms with Crippen molar-refractivity contribution in [1.29, 1.82) is 0 Å². The summed E-state index contributed by atoms with van der Waals surface area (Å²) >= 11 is 0. The first-order valence-corrected chi connectivity index (χ1v) is 8.82. The van der Waals surface area contributed by atoms with Crippen molar-refractivity contribution in [2.24, 2.45) is 0 Å². The molecule has 0 aliphatic carbocycles. The number of benzene rings is 2. The summed E-state index contributed by atoms with van der Waals surface area (Å²) in [6.45, 7) is 6.06. The van der Waals surface area contributed by atoms with E-state index in [1.807, 2.05) is 13.8 Å². The Balaban J connectivity index is 1.75. The van der Waals surface area contributed by atoms with Crippen molar-refractivity contribution >= 4 is 11.6 Å². The lowest BCUT2D eigenvalue weighted by molar-refractivity contribution is 0.102. The first kappa shape index (κ1) is 17.9. The molecule has 138 valence electrons. The summed E-state index contributed by atoms with van der Waals surface area (Å²) in [6, 6.07) is 10.5. The standard InChI is InChI=1S/C20H23NO5/c1-3-9-24-16-7-5-14(12-18(16)23-4-2)20(22)21-15-6-8-17-19(13-15)26-11-10-25-17/h5-8,12-13H,3-4,9-11H2,1-2H3,(H,21,22). The van der Waals surface area contributed by atoms with E-state index >= 15 is 0 Å². The van der Waals surface area contributed by atoms with Gasteiger partial charge in [-0.15, -0.1) is 0 Å². The Morgan fingerprint density at radius 1 is 1.00 bits per heavy atom. The summed E-state index contributed by atoms with van der Waals surface area (Å²) in [6.07, 6.45) is 0.901. The molecule has 6 heteroatoms. The fourth-order valence-corrected chi connectivity index (χ4v) is 2.57.